The topological polar surface area (TPSA) is 6.48 Å². The molecule has 0 amide bonds. The van der Waals surface area contributed by atoms with E-state index in [9.17, 15) is 0 Å². The van der Waals surface area contributed by atoms with E-state index in [1.54, 1.807) is 0 Å². The molecule has 0 aliphatic heterocycles. The number of hydrogen-bond donors (Lipinski definition) is 0. The lowest BCUT2D eigenvalue weighted by molar-refractivity contribution is 0.304. The van der Waals surface area contributed by atoms with Crippen molar-refractivity contribution in [3.63, 3.8) is 0 Å². The third kappa shape index (κ3) is 12.0. The second kappa shape index (κ2) is 14.9. The highest BCUT2D eigenvalue weighted by Gasteiger charge is 1.93. The Labute approximate surface area is 104 Å². The van der Waals surface area contributed by atoms with Gasteiger partial charge in [0.05, 0.1) is 0 Å². The third-order valence-corrected chi connectivity index (χ3v) is 2.87. The second-order valence-electron chi connectivity index (χ2n) is 4.05. The molecule has 0 aromatic carbocycles. The van der Waals surface area contributed by atoms with Crippen LogP contribution in [0.2, 0.25) is 0 Å². The summed E-state index contributed by atoms with van der Waals surface area (Å²) in [6.45, 7) is 20.6. The Bertz CT molecular complexity index is 93.3. The number of rotatable bonds is 8. The maximum Gasteiger partial charge on any atom is -0.00216 e. The van der Waals surface area contributed by atoms with Gasteiger partial charge in [0, 0.05) is 0 Å². The molecule has 2 heteroatoms. The van der Waals surface area contributed by atoms with Crippen LogP contribution < -0.4 is 0 Å². The van der Waals surface area contributed by atoms with E-state index >= 15 is 0 Å². The molecule has 0 bridgehead atoms. The minimum atomic E-state index is 1.20. The molecule has 0 aromatic rings. The quantitative estimate of drug-likeness (QED) is 0.630. The van der Waals surface area contributed by atoms with Crippen molar-refractivity contribution >= 4 is 0 Å². The summed E-state index contributed by atoms with van der Waals surface area (Å²) in [6, 6.07) is 0. The predicted octanol–water partition coefficient (Wildman–Crippen LogP) is 3.48. The molecule has 100 valence electrons. The van der Waals surface area contributed by atoms with E-state index in [1.807, 2.05) is 0 Å². The van der Waals surface area contributed by atoms with E-state index in [1.165, 1.54) is 52.1 Å². The van der Waals surface area contributed by atoms with Gasteiger partial charge in [-0.05, 0) is 52.1 Å². The molecule has 0 N–H and O–H groups in total. The lowest BCUT2D eigenvalue weighted by Gasteiger charge is -2.15. The Morgan fingerprint density at radius 1 is 0.500 bits per heavy atom. The molecule has 0 saturated carbocycles. The standard InChI is InChI=1S/2C7H17N/c2*1-4-7-8(5-2)6-3/h2*4-7H2,1-3H3. The summed E-state index contributed by atoms with van der Waals surface area (Å²) in [7, 11) is 0. The van der Waals surface area contributed by atoms with Crippen molar-refractivity contribution in [1.82, 2.24) is 9.80 Å². The van der Waals surface area contributed by atoms with Crippen molar-refractivity contribution in [2.45, 2.75) is 54.4 Å². The molecule has 0 heterocycles. The maximum atomic E-state index is 2.43. The zero-order valence-corrected chi connectivity index (χ0v) is 12.6. The van der Waals surface area contributed by atoms with Crippen LogP contribution in [-0.4, -0.2) is 49.1 Å². The van der Waals surface area contributed by atoms with Crippen molar-refractivity contribution in [2.24, 2.45) is 0 Å². The highest BCUT2D eigenvalue weighted by Crippen LogP contribution is 1.88. The van der Waals surface area contributed by atoms with Crippen LogP contribution in [0, 0.1) is 0 Å². The summed E-state index contributed by atoms with van der Waals surface area (Å²) >= 11 is 0. The van der Waals surface area contributed by atoms with Crippen LogP contribution in [0.4, 0.5) is 0 Å². The minimum absolute atomic E-state index is 1.20. The Hall–Kier alpha value is -0.0800. The molecule has 0 radical (unpaired) electrons. The fourth-order valence-electron chi connectivity index (χ4n) is 1.71. The molecular weight excluding hydrogens is 196 g/mol. The van der Waals surface area contributed by atoms with Crippen LogP contribution in [0.1, 0.15) is 54.4 Å². The highest BCUT2D eigenvalue weighted by atomic mass is 15.1. The van der Waals surface area contributed by atoms with Crippen molar-refractivity contribution in [3.05, 3.63) is 0 Å². The molecule has 0 aliphatic rings. The first kappa shape index (κ1) is 18.3. The summed E-state index contributed by atoms with van der Waals surface area (Å²) < 4.78 is 0. The van der Waals surface area contributed by atoms with Crippen molar-refractivity contribution in [1.29, 1.82) is 0 Å². The zero-order valence-electron chi connectivity index (χ0n) is 12.6. The first-order valence-electron chi connectivity index (χ1n) is 7.14. The lowest BCUT2D eigenvalue weighted by atomic mass is 10.4. The second-order valence-corrected chi connectivity index (χ2v) is 4.05. The fourth-order valence-corrected chi connectivity index (χ4v) is 1.71. The van der Waals surface area contributed by atoms with Gasteiger partial charge in [0.1, 0.15) is 0 Å². The van der Waals surface area contributed by atoms with Crippen LogP contribution in [0.3, 0.4) is 0 Å². The van der Waals surface area contributed by atoms with E-state index in [2.05, 4.69) is 51.3 Å². The Morgan fingerprint density at radius 3 is 0.812 bits per heavy atom. The zero-order chi connectivity index (χ0) is 12.8. The molecule has 0 atom stereocenters. The van der Waals surface area contributed by atoms with Gasteiger partial charge in [-0.1, -0.05) is 41.5 Å². The maximum absolute atomic E-state index is 2.43. The average molecular weight is 230 g/mol. The number of nitrogens with zero attached hydrogens (tertiary/aromatic N) is 2. The lowest BCUT2D eigenvalue weighted by Crippen LogP contribution is -2.23. The Kier molecular flexibility index (Phi) is 17.1. The monoisotopic (exact) mass is 230 g/mol. The van der Waals surface area contributed by atoms with Gasteiger partial charge in [0.15, 0.2) is 0 Å². The van der Waals surface area contributed by atoms with Gasteiger partial charge in [-0.2, -0.15) is 0 Å². The molecule has 16 heavy (non-hydrogen) atoms. The summed E-state index contributed by atoms with van der Waals surface area (Å²) in [5.74, 6) is 0. The van der Waals surface area contributed by atoms with Crippen LogP contribution in [0.15, 0.2) is 0 Å². The average Bonchev–Trinajstić information content (AvgIpc) is 2.33. The van der Waals surface area contributed by atoms with E-state index in [-0.39, 0.29) is 0 Å². The summed E-state index contributed by atoms with van der Waals surface area (Å²) in [4.78, 5) is 4.86. The van der Waals surface area contributed by atoms with Crippen LogP contribution in [0.5, 0.6) is 0 Å². The van der Waals surface area contributed by atoms with Crippen molar-refractivity contribution in [2.75, 3.05) is 39.3 Å². The number of hydrogen-bond acceptors (Lipinski definition) is 2. The van der Waals surface area contributed by atoms with Crippen molar-refractivity contribution < 1.29 is 0 Å². The summed E-state index contributed by atoms with van der Waals surface area (Å²) in [5.41, 5.74) is 0. The first-order valence-corrected chi connectivity index (χ1v) is 7.14. The largest absolute Gasteiger partial charge is 0.304 e. The predicted molar refractivity (Wildman–Crippen MR) is 76.2 cm³/mol. The van der Waals surface area contributed by atoms with Gasteiger partial charge in [0.2, 0.25) is 0 Å². The normalized spacial score (nSPS) is 10.5. The van der Waals surface area contributed by atoms with Crippen LogP contribution in [-0.2, 0) is 0 Å². The van der Waals surface area contributed by atoms with Gasteiger partial charge in [-0.3, -0.25) is 0 Å². The smallest absolute Gasteiger partial charge is 0.00216 e. The molecule has 0 aliphatic carbocycles. The molecule has 0 aromatic heterocycles. The minimum Gasteiger partial charge on any atom is -0.304 e. The highest BCUT2D eigenvalue weighted by molar-refractivity contribution is 4.48. The van der Waals surface area contributed by atoms with Gasteiger partial charge < -0.3 is 9.80 Å². The van der Waals surface area contributed by atoms with Gasteiger partial charge in [-0.25, -0.2) is 0 Å². The molecule has 0 unspecified atom stereocenters. The van der Waals surface area contributed by atoms with E-state index in [4.69, 9.17) is 0 Å². The first-order chi connectivity index (χ1) is 7.69. The molecule has 2 nitrogen and oxygen atoms in total. The van der Waals surface area contributed by atoms with Crippen molar-refractivity contribution in [3.8, 4) is 0 Å². The summed E-state index contributed by atoms with van der Waals surface area (Å²) in [5, 5.41) is 0. The molecule has 0 fully saturated rings. The van der Waals surface area contributed by atoms with Crippen LogP contribution >= 0.6 is 0 Å². The molecule has 0 saturated heterocycles. The van der Waals surface area contributed by atoms with Gasteiger partial charge >= 0.3 is 0 Å². The van der Waals surface area contributed by atoms with E-state index in [0.717, 1.165) is 0 Å². The molecular formula is C14H34N2. The van der Waals surface area contributed by atoms with E-state index < -0.39 is 0 Å². The van der Waals surface area contributed by atoms with Crippen LogP contribution in [0.25, 0.3) is 0 Å². The Morgan fingerprint density at radius 2 is 0.750 bits per heavy atom. The fraction of sp³-hybridized carbons (Fsp3) is 1.00. The third-order valence-electron chi connectivity index (χ3n) is 2.87. The SMILES string of the molecule is CCCN(CC)CC.CCCN(CC)CC. The van der Waals surface area contributed by atoms with Gasteiger partial charge in [0.25, 0.3) is 0 Å². The van der Waals surface area contributed by atoms with Gasteiger partial charge in [-0.15, -0.1) is 0 Å². The molecule has 0 spiro atoms. The molecule has 0 rings (SSSR count). The van der Waals surface area contributed by atoms with E-state index in [0.29, 0.717) is 0 Å². The summed E-state index contributed by atoms with van der Waals surface area (Å²) in [6.07, 6.45) is 2.56. The Balaban J connectivity index is 0.